The maximum atomic E-state index is 11.8. The minimum atomic E-state index is -0.888. The molecule has 1 saturated heterocycles. The molecule has 1 aliphatic heterocycles. The fraction of sp³-hybridized carbons (Fsp3) is 0.364. The van der Waals surface area contributed by atoms with Crippen LogP contribution in [0, 0.1) is 5.41 Å². The maximum Gasteiger partial charge on any atom is 0.407 e. The number of carboxylic acid groups (broad SMARTS) is 1. The number of hydrogen-bond donors (Lipinski definition) is 1. The topological polar surface area (TPSA) is 60.9 Å². The number of anilines is 1. The van der Waals surface area contributed by atoms with Gasteiger partial charge in [0.1, 0.15) is 0 Å². The van der Waals surface area contributed by atoms with Gasteiger partial charge in [-0.3, -0.25) is 4.79 Å². The lowest BCUT2D eigenvalue weighted by atomic mass is 9.83. The molecule has 1 amide bonds. The van der Waals surface area contributed by atoms with Crippen LogP contribution in [0.25, 0.3) is 11.1 Å². The third-order valence-electron chi connectivity index (χ3n) is 5.30. The normalized spacial score (nSPS) is 17.5. The third kappa shape index (κ3) is 4.14. The third-order valence-corrected chi connectivity index (χ3v) is 5.55. The summed E-state index contributed by atoms with van der Waals surface area (Å²) in [5, 5.41) is 10.0. The van der Waals surface area contributed by atoms with Gasteiger partial charge in [-0.05, 0) is 40.8 Å². The van der Waals surface area contributed by atoms with Gasteiger partial charge in [0.2, 0.25) is 0 Å². The quantitative estimate of drug-likeness (QED) is 0.733. The van der Waals surface area contributed by atoms with Gasteiger partial charge in [-0.25, -0.2) is 4.79 Å². The van der Waals surface area contributed by atoms with Crippen molar-refractivity contribution in [2.45, 2.75) is 26.8 Å². The molecule has 0 bridgehead atoms. The van der Waals surface area contributed by atoms with Crippen molar-refractivity contribution >= 4 is 29.7 Å². The van der Waals surface area contributed by atoms with Crippen LogP contribution in [-0.2, 0) is 0 Å². The van der Waals surface area contributed by atoms with Crippen molar-refractivity contribution in [2.75, 3.05) is 24.5 Å². The van der Waals surface area contributed by atoms with Gasteiger partial charge in [-0.1, -0.05) is 50.6 Å². The molecule has 3 rings (SSSR count). The number of carbonyl (C=O) groups is 2. The molecule has 0 spiro atoms. The van der Waals surface area contributed by atoms with Crippen LogP contribution in [0.5, 0.6) is 0 Å². The van der Waals surface area contributed by atoms with E-state index in [4.69, 9.17) is 11.6 Å². The van der Waals surface area contributed by atoms with Crippen LogP contribution in [0.15, 0.2) is 42.5 Å². The smallest absolute Gasteiger partial charge is 0.407 e. The molecule has 148 valence electrons. The predicted octanol–water partition coefficient (Wildman–Crippen LogP) is 5.03. The lowest BCUT2D eigenvalue weighted by Gasteiger charge is -2.47. The second-order valence-corrected chi connectivity index (χ2v) is 8.64. The van der Waals surface area contributed by atoms with E-state index in [1.807, 2.05) is 30.3 Å². The fourth-order valence-electron chi connectivity index (χ4n) is 3.73. The van der Waals surface area contributed by atoms with Crippen LogP contribution in [0.4, 0.5) is 10.5 Å². The number of rotatable bonds is 3. The van der Waals surface area contributed by atoms with Crippen LogP contribution in [0.1, 0.15) is 31.1 Å². The monoisotopic (exact) mass is 400 g/mol. The summed E-state index contributed by atoms with van der Waals surface area (Å²) < 4.78 is 0. The van der Waals surface area contributed by atoms with Crippen molar-refractivity contribution in [1.29, 1.82) is 0 Å². The number of aldehydes is 1. The molecule has 0 aromatic heterocycles. The molecule has 0 aliphatic carbocycles. The minimum Gasteiger partial charge on any atom is -0.465 e. The zero-order chi connectivity index (χ0) is 20.5. The van der Waals surface area contributed by atoms with E-state index < -0.39 is 6.09 Å². The van der Waals surface area contributed by atoms with E-state index in [0.717, 1.165) is 23.1 Å². The molecule has 5 nitrogen and oxygen atoms in total. The van der Waals surface area contributed by atoms with E-state index in [0.29, 0.717) is 30.2 Å². The first kappa shape index (κ1) is 20.2. The number of hydrogen-bond acceptors (Lipinski definition) is 3. The van der Waals surface area contributed by atoms with Crippen molar-refractivity contribution in [1.82, 2.24) is 4.90 Å². The van der Waals surface area contributed by atoms with Gasteiger partial charge in [0, 0.05) is 35.9 Å². The number of piperazine rings is 1. The molecular formula is C22H25ClN2O3. The zero-order valence-electron chi connectivity index (χ0n) is 16.4. The van der Waals surface area contributed by atoms with Crippen LogP contribution < -0.4 is 4.90 Å². The Morgan fingerprint density at radius 1 is 1.14 bits per heavy atom. The fourth-order valence-corrected chi connectivity index (χ4v) is 3.85. The summed E-state index contributed by atoms with van der Waals surface area (Å²) in [4.78, 5) is 26.9. The Morgan fingerprint density at radius 3 is 2.39 bits per heavy atom. The highest BCUT2D eigenvalue weighted by Crippen LogP contribution is 2.34. The maximum absolute atomic E-state index is 11.8. The van der Waals surface area contributed by atoms with Crippen molar-refractivity contribution in [3.05, 3.63) is 53.1 Å². The molecule has 2 aromatic rings. The molecule has 1 heterocycles. The van der Waals surface area contributed by atoms with Gasteiger partial charge >= 0.3 is 6.09 Å². The Bertz CT molecular complexity index is 874. The molecule has 1 N–H and O–H groups in total. The first-order valence-corrected chi connectivity index (χ1v) is 9.68. The summed E-state index contributed by atoms with van der Waals surface area (Å²) in [6, 6.07) is 13.3. The highest BCUT2D eigenvalue weighted by atomic mass is 35.5. The van der Waals surface area contributed by atoms with Gasteiger partial charge in [0.15, 0.2) is 6.29 Å². The van der Waals surface area contributed by atoms with Gasteiger partial charge in [0.25, 0.3) is 0 Å². The highest BCUT2D eigenvalue weighted by molar-refractivity contribution is 6.30. The first-order valence-electron chi connectivity index (χ1n) is 9.30. The van der Waals surface area contributed by atoms with E-state index in [1.165, 1.54) is 4.90 Å². The minimum absolute atomic E-state index is 0.0123. The molecule has 0 saturated carbocycles. The molecule has 6 heteroatoms. The van der Waals surface area contributed by atoms with Crippen LogP contribution in [-0.4, -0.2) is 48.1 Å². The molecule has 1 aliphatic rings. The molecular weight excluding hydrogens is 376 g/mol. The van der Waals surface area contributed by atoms with Crippen LogP contribution in [0.3, 0.4) is 0 Å². The molecule has 1 fully saturated rings. The zero-order valence-corrected chi connectivity index (χ0v) is 17.1. The molecule has 0 radical (unpaired) electrons. The second-order valence-electron chi connectivity index (χ2n) is 8.20. The van der Waals surface area contributed by atoms with E-state index >= 15 is 0 Å². The Balaban J connectivity index is 1.97. The lowest BCUT2D eigenvalue weighted by Crippen LogP contribution is -2.59. The van der Waals surface area contributed by atoms with Gasteiger partial charge in [-0.2, -0.15) is 0 Å². The number of nitrogens with zero attached hydrogens (tertiary/aromatic N) is 2. The average molecular weight is 401 g/mol. The van der Waals surface area contributed by atoms with E-state index in [9.17, 15) is 14.7 Å². The summed E-state index contributed by atoms with van der Waals surface area (Å²) in [6.07, 6.45) is -0.0203. The number of benzene rings is 2. The van der Waals surface area contributed by atoms with Crippen molar-refractivity contribution in [3.8, 4) is 11.1 Å². The summed E-state index contributed by atoms with van der Waals surface area (Å²) >= 11 is 5.97. The van der Waals surface area contributed by atoms with Crippen molar-refractivity contribution < 1.29 is 14.7 Å². The Kier molecular flexibility index (Phi) is 5.66. The van der Waals surface area contributed by atoms with E-state index in [2.05, 4.69) is 25.7 Å². The van der Waals surface area contributed by atoms with Crippen LogP contribution in [0.2, 0.25) is 5.02 Å². The van der Waals surface area contributed by atoms with Crippen LogP contribution >= 0.6 is 11.6 Å². The highest BCUT2D eigenvalue weighted by Gasteiger charge is 2.37. The van der Waals surface area contributed by atoms with Gasteiger partial charge < -0.3 is 14.9 Å². The molecule has 1 unspecified atom stereocenters. The van der Waals surface area contributed by atoms with Crippen molar-refractivity contribution in [3.63, 3.8) is 0 Å². The van der Waals surface area contributed by atoms with E-state index in [1.54, 1.807) is 12.1 Å². The molecule has 2 aromatic carbocycles. The first-order chi connectivity index (χ1) is 13.2. The van der Waals surface area contributed by atoms with Gasteiger partial charge in [-0.15, -0.1) is 0 Å². The SMILES string of the molecule is CC(C)(C)C1CN(C(=O)O)CCN1c1ccc(-c2ccc(Cl)cc2)c(C=O)c1. The van der Waals surface area contributed by atoms with E-state index in [-0.39, 0.29) is 11.5 Å². The summed E-state index contributed by atoms with van der Waals surface area (Å²) in [7, 11) is 0. The summed E-state index contributed by atoms with van der Waals surface area (Å²) in [6.45, 7) is 7.80. The standard InChI is InChI=1S/C22H25ClN2O3/c1-22(2,3)20-13-24(21(27)28)10-11-25(20)18-8-9-19(16(12-18)14-26)15-4-6-17(23)7-5-15/h4-9,12,14,20H,10-11,13H2,1-3H3,(H,27,28). The average Bonchev–Trinajstić information content (AvgIpc) is 2.67. The Hall–Kier alpha value is -2.53. The second kappa shape index (κ2) is 7.84. The lowest BCUT2D eigenvalue weighted by molar-refractivity contribution is 0.112. The predicted molar refractivity (Wildman–Crippen MR) is 112 cm³/mol. The van der Waals surface area contributed by atoms with Gasteiger partial charge in [0.05, 0.1) is 6.04 Å². The summed E-state index contributed by atoms with van der Waals surface area (Å²) in [5.41, 5.74) is 3.20. The number of amides is 1. The Morgan fingerprint density at radius 2 is 1.82 bits per heavy atom. The molecule has 28 heavy (non-hydrogen) atoms. The Labute approximate surface area is 170 Å². The number of carbonyl (C=O) groups excluding carboxylic acids is 1. The molecule has 1 atom stereocenters. The van der Waals surface area contributed by atoms with Crippen molar-refractivity contribution in [2.24, 2.45) is 5.41 Å². The summed E-state index contributed by atoms with van der Waals surface area (Å²) in [5.74, 6) is 0. The number of halogens is 1. The largest absolute Gasteiger partial charge is 0.465 e.